The first-order chi connectivity index (χ1) is 8.94. The van der Waals surface area contributed by atoms with E-state index in [0.29, 0.717) is 6.54 Å². The molecule has 3 nitrogen and oxygen atoms in total. The zero-order valence-corrected chi connectivity index (χ0v) is 12.1. The van der Waals surface area contributed by atoms with Gasteiger partial charge in [-0.05, 0) is 38.6 Å². The van der Waals surface area contributed by atoms with E-state index < -0.39 is 0 Å². The standard InChI is InChI=1S/C15H24FN3/c1-15(2)11-19(9-8-18(15)3)14(10-17)12-4-6-13(16)7-5-12/h4-7,14H,8-11,17H2,1-3H3. The molecule has 0 radical (unpaired) electrons. The predicted molar refractivity (Wildman–Crippen MR) is 76.5 cm³/mol. The van der Waals surface area contributed by atoms with Crippen LogP contribution in [0.5, 0.6) is 0 Å². The van der Waals surface area contributed by atoms with Gasteiger partial charge in [-0.2, -0.15) is 0 Å². The molecule has 106 valence electrons. The highest BCUT2D eigenvalue weighted by Crippen LogP contribution is 2.27. The fraction of sp³-hybridized carbons (Fsp3) is 0.600. The predicted octanol–water partition coefficient (Wildman–Crippen LogP) is 1.85. The topological polar surface area (TPSA) is 32.5 Å². The van der Waals surface area contributed by atoms with Crippen LogP contribution < -0.4 is 5.73 Å². The van der Waals surface area contributed by atoms with Crippen LogP contribution in [0.1, 0.15) is 25.5 Å². The van der Waals surface area contributed by atoms with E-state index in [4.69, 9.17) is 5.73 Å². The lowest BCUT2D eigenvalue weighted by molar-refractivity contribution is 0.0180. The van der Waals surface area contributed by atoms with E-state index >= 15 is 0 Å². The quantitative estimate of drug-likeness (QED) is 0.905. The molecule has 0 saturated carbocycles. The number of likely N-dealkylation sites (N-methyl/N-ethyl adjacent to an activating group) is 1. The van der Waals surface area contributed by atoms with Crippen molar-refractivity contribution < 1.29 is 4.39 Å². The molecule has 1 heterocycles. The summed E-state index contributed by atoms with van der Waals surface area (Å²) in [5, 5.41) is 0. The molecule has 0 bridgehead atoms. The highest BCUT2D eigenvalue weighted by molar-refractivity contribution is 5.21. The minimum atomic E-state index is -0.196. The van der Waals surface area contributed by atoms with E-state index in [9.17, 15) is 4.39 Å². The Kier molecular flexibility index (Phi) is 4.23. The first kappa shape index (κ1) is 14.4. The number of halogens is 1. The van der Waals surface area contributed by atoms with Crippen molar-refractivity contribution in [2.75, 3.05) is 33.2 Å². The number of rotatable bonds is 3. The zero-order valence-electron chi connectivity index (χ0n) is 12.1. The van der Waals surface area contributed by atoms with Crippen LogP contribution in [-0.2, 0) is 0 Å². The maximum atomic E-state index is 13.0. The molecule has 1 aliphatic rings. The molecule has 1 aliphatic heterocycles. The summed E-state index contributed by atoms with van der Waals surface area (Å²) in [4.78, 5) is 4.79. The van der Waals surface area contributed by atoms with E-state index in [-0.39, 0.29) is 17.4 Å². The molecule has 4 heteroatoms. The molecule has 0 aromatic heterocycles. The van der Waals surface area contributed by atoms with Crippen LogP contribution >= 0.6 is 0 Å². The van der Waals surface area contributed by atoms with Crippen molar-refractivity contribution in [1.29, 1.82) is 0 Å². The molecular weight excluding hydrogens is 241 g/mol. The van der Waals surface area contributed by atoms with E-state index in [2.05, 4.69) is 30.7 Å². The second-order valence-corrected chi connectivity index (χ2v) is 6.01. The molecule has 1 fully saturated rings. The lowest BCUT2D eigenvalue weighted by Crippen LogP contribution is -2.58. The number of benzene rings is 1. The van der Waals surface area contributed by atoms with E-state index in [1.807, 2.05) is 12.1 Å². The maximum absolute atomic E-state index is 13.0. The summed E-state index contributed by atoms with van der Waals surface area (Å²) in [6, 6.07) is 6.89. The Balaban J connectivity index is 2.16. The number of nitrogens with two attached hydrogens (primary N) is 1. The van der Waals surface area contributed by atoms with Gasteiger partial charge in [-0.1, -0.05) is 12.1 Å². The monoisotopic (exact) mass is 265 g/mol. The largest absolute Gasteiger partial charge is 0.329 e. The lowest BCUT2D eigenvalue weighted by Gasteiger charge is -2.48. The van der Waals surface area contributed by atoms with Gasteiger partial charge < -0.3 is 5.73 Å². The average Bonchev–Trinajstić information content (AvgIpc) is 2.36. The number of nitrogens with zero attached hydrogens (tertiary/aromatic N) is 2. The molecule has 1 saturated heterocycles. The first-order valence-electron chi connectivity index (χ1n) is 6.85. The van der Waals surface area contributed by atoms with Crippen LogP contribution in [0.15, 0.2) is 24.3 Å². The Hall–Kier alpha value is -0.970. The second-order valence-electron chi connectivity index (χ2n) is 6.01. The smallest absolute Gasteiger partial charge is 0.123 e. The summed E-state index contributed by atoms with van der Waals surface area (Å²) in [6.07, 6.45) is 0. The Bertz CT molecular complexity index is 416. The summed E-state index contributed by atoms with van der Waals surface area (Å²) in [5.41, 5.74) is 7.19. The van der Waals surface area contributed by atoms with Gasteiger partial charge >= 0.3 is 0 Å². The van der Waals surface area contributed by atoms with E-state index in [1.165, 1.54) is 12.1 Å². The van der Waals surface area contributed by atoms with Gasteiger partial charge in [0.15, 0.2) is 0 Å². The van der Waals surface area contributed by atoms with Crippen LogP contribution in [0.25, 0.3) is 0 Å². The number of hydrogen-bond acceptors (Lipinski definition) is 3. The van der Waals surface area contributed by atoms with Gasteiger partial charge in [0.1, 0.15) is 5.82 Å². The van der Waals surface area contributed by atoms with E-state index in [0.717, 1.165) is 25.2 Å². The molecule has 0 amide bonds. The Morgan fingerprint density at radius 2 is 1.89 bits per heavy atom. The van der Waals surface area contributed by atoms with Gasteiger partial charge in [-0.3, -0.25) is 9.80 Å². The van der Waals surface area contributed by atoms with Crippen molar-refractivity contribution >= 4 is 0 Å². The molecule has 2 N–H and O–H groups in total. The number of hydrogen-bond donors (Lipinski definition) is 1. The molecule has 2 rings (SSSR count). The van der Waals surface area contributed by atoms with Crippen LogP contribution in [0.2, 0.25) is 0 Å². The molecule has 0 spiro atoms. The third kappa shape index (κ3) is 3.14. The maximum Gasteiger partial charge on any atom is 0.123 e. The minimum Gasteiger partial charge on any atom is -0.329 e. The summed E-state index contributed by atoms with van der Waals surface area (Å²) in [7, 11) is 2.16. The van der Waals surface area contributed by atoms with Crippen LogP contribution in [0.4, 0.5) is 4.39 Å². The molecule has 19 heavy (non-hydrogen) atoms. The average molecular weight is 265 g/mol. The van der Waals surface area contributed by atoms with Crippen molar-refractivity contribution in [2.24, 2.45) is 5.73 Å². The second kappa shape index (κ2) is 5.57. The molecular formula is C15H24FN3. The molecule has 1 atom stereocenters. The minimum absolute atomic E-state index is 0.145. The normalized spacial score (nSPS) is 22.4. The Morgan fingerprint density at radius 1 is 1.26 bits per heavy atom. The highest BCUT2D eigenvalue weighted by atomic mass is 19.1. The van der Waals surface area contributed by atoms with Gasteiger partial charge in [0.25, 0.3) is 0 Å². The van der Waals surface area contributed by atoms with Gasteiger partial charge in [0.2, 0.25) is 0 Å². The highest BCUT2D eigenvalue weighted by Gasteiger charge is 2.34. The molecule has 1 unspecified atom stereocenters. The summed E-state index contributed by atoms with van der Waals surface area (Å²) >= 11 is 0. The summed E-state index contributed by atoms with van der Waals surface area (Å²) in [6.45, 7) is 8.06. The van der Waals surface area contributed by atoms with E-state index in [1.54, 1.807) is 0 Å². The third-order valence-corrected chi connectivity index (χ3v) is 4.26. The summed E-state index contributed by atoms with van der Waals surface area (Å²) < 4.78 is 13.0. The first-order valence-corrected chi connectivity index (χ1v) is 6.85. The molecule has 1 aromatic rings. The fourth-order valence-corrected chi connectivity index (χ4v) is 2.72. The fourth-order valence-electron chi connectivity index (χ4n) is 2.72. The zero-order chi connectivity index (χ0) is 14.0. The lowest BCUT2D eigenvalue weighted by atomic mass is 9.96. The Labute approximate surface area is 115 Å². The number of piperazine rings is 1. The van der Waals surface area contributed by atoms with Gasteiger partial charge in [-0.15, -0.1) is 0 Å². The van der Waals surface area contributed by atoms with Crippen molar-refractivity contribution in [2.45, 2.75) is 25.4 Å². The third-order valence-electron chi connectivity index (χ3n) is 4.26. The van der Waals surface area contributed by atoms with Gasteiger partial charge in [-0.25, -0.2) is 4.39 Å². The Morgan fingerprint density at radius 3 is 2.42 bits per heavy atom. The van der Waals surface area contributed by atoms with Crippen molar-refractivity contribution in [3.63, 3.8) is 0 Å². The molecule has 0 aliphatic carbocycles. The van der Waals surface area contributed by atoms with Gasteiger partial charge in [0, 0.05) is 37.8 Å². The van der Waals surface area contributed by atoms with Crippen molar-refractivity contribution in [3.05, 3.63) is 35.6 Å². The SMILES string of the molecule is CN1CCN(C(CN)c2ccc(F)cc2)CC1(C)C. The van der Waals surface area contributed by atoms with Crippen molar-refractivity contribution in [1.82, 2.24) is 9.80 Å². The van der Waals surface area contributed by atoms with Crippen LogP contribution in [0.3, 0.4) is 0 Å². The van der Waals surface area contributed by atoms with Crippen LogP contribution in [-0.4, -0.2) is 48.6 Å². The van der Waals surface area contributed by atoms with Crippen molar-refractivity contribution in [3.8, 4) is 0 Å². The molecule has 1 aromatic carbocycles. The van der Waals surface area contributed by atoms with Gasteiger partial charge in [0.05, 0.1) is 0 Å². The summed E-state index contributed by atoms with van der Waals surface area (Å²) in [5.74, 6) is -0.196. The van der Waals surface area contributed by atoms with Crippen LogP contribution in [0, 0.1) is 5.82 Å².